The average Bonchev–Trinajstić information content (AvgIpc) is 2.71. The van der Waals surface area contributed by atoms with E-state index >= 15 is 0 Å². The molecule has 0 bridgehead atoms. The van der Waals surface area contributed by atoms with Gasteiger partial charge in [0.05, 0.1) is 5.69 Å². The molecule has 0 aromatic carbocycles. The summed E-state index contributed by atoms with van der Waals surface area (Å²) in [4.78, 5) is 4.14. The number of hydrogen-bond acceptors (Lipinski definition) is 2. The van der Waals surface area contributed by atoms with Crippen LogP contribution in [0.5, 0.6) is 0 Å². The maximum Gasteiger partial charge on any atom is 0.152 e. The average molecular weight is 239 g/mol. The third-order valence-electron chi connectivity index (χ3n) is 3.63. The Morgan fingerprint density at radius 1 is 1.50 bits per heavy atom. The Labute approximate surface area is 102 Å². The Bertz CT molecular complexity index is 345. The summed E-state index contributed by atoms with van der Waals surface area (Å²) in [6.45, 7) is 4.34. The first kappa shape index (κ1) is 11.7. The monoisotopic (exact) mass is 238 g/mol. The van der Waals surface area contributed by atoms with Crippen molar-refractivity contribution in [3.8, 4) is 0 Å². The van der Waals surface area contributed by atoms with Crippen LogP contribution >= 0.6 is 11.6 Å². The molecule has 1 aromatic heterocycles. The molecule has 2 nitrogen and oxygen atoms in total. The molecule has 88 valence electrons. The number of aryl methyl sites for hydroxylation is 1. The van der Waals surface area contributed by atoms with Gasteiger partial charge in [-0.05, 0) is 37.3 Å². The maximum atomic E-state index is 6.13. The molecule has 0 amide bonds. The second kappa shape index (κ2) is 5.05. The quantitative estimate of drug-likeness (QED) is 0.805. The van der Waals surface area contributed by atoms with Gasteiger partial charge in [-0.1, -0.05) is 31.4 Å². The van der Waals surface area contributed by atoms with Gasteiger partial charge < -0.3 is 5.32 Å². The molecule has 1 N–H and O–H groups in total. The van der Waals surface area contributed by atoms with Crippen LogP contribution in [0.15, 0.2) is 12.3 Å². The summed E-state index contributed by atoms with van der Waals surface area (Å²) in [6, 6.07) is 2.58. The highest BCUT2D eigenvalue weighted by molar-refractivity contribution is 6.32. The normalized spacial score (nSPS) is 24.7. The van der Waals surface area contributed by atoms with E-state index in [1.165, 1.54) is 31.2 Å². The van der Waals surface area contributed by atoms with Crippen LogP contribution in [0, 0.1) is 12.8 Å². The number of nitrogens with one attached hydrogen (secondary N) is 1. The van der Waals surface area contributed by atoms with Gasteiger partial charge in [0.1, 0.15) is 0 Å². The van der Waals surface area contributed by atoms with Crippen molar-refractivity contribution < 1.29 is 0 Å². The molecule has 3 heteroatoms. The van der Waals surface area contributed by atoms with E-state index in [0.29, 0.717) is 11.2 Å². The van der Waals surface area contributed by atoms with E-state index in [2.05, 4.69) is 24.1 Å². The largest absolute Gasteiger partial charge is 0.379 e. The fourth-order valence-corrected chi connectivity index (χ4v) is 2.86. The summed E-state index contributed by atoms with van der Waals surface area (Å²) in [5.41, 5.74) is 2.20. The molecule has 1 heterocycles. The number of aromatic nitrogens is 1. The van der Waals surface area contributed by atoms with Crippen LogP contribution in [0.2, 0.25) is 5.15 Å². The summed E-state index contributed by atoms with van der Waals surface area (Å²) in [7, 11) is 0. The van der Waals surface area contributed by atoms with E-state index in [-0.39, 0.29) is 0 Å². The van der Waals surface area contributed by atoms with Crippen molar-refractivity contribution >= 4 is 17.3 Å². The van der Waals surface area contributed by atoms with Crippen LogP contribution in [0.3, 0.4) is 0 Å². The summed E-state index contributed by atoms with van der Waals surface area (Å²) < 4.78 is 0. The van der Waals surface area contributed by atoms with Gasteiger partial charge in [0.25, 0.3) is 0 Å². The second-order valence-electron chi connectivity index (χ2n) is 4.64. The summed E-state index contributed by atoms with van der Waals surface area (Å²) >= 11 is 6.13. The van der Waals surface area contributed by atoms with Gasteiger partial charge in [-0.15, -0.1) is 0 Å². The standard InChI is InChI=1S/C13H19ClN2/c1-3-10-5-4-6-11(10)16-12-9(2)7-8-15-13(12)14/h7-8,10-11,16H,3-6H2,1-2H3. The molecule has 1 aromatic rings. The first-order valence-electron chi connectivity index (χ1n) is 6.10. The first-order chi connectivity index (χ1) is 7.72. The second-order valence-corrected chi connectivity index (χ2v) is 5.00. The fourth-order valence-electron chi connectivity index (χ4n) is 2.60. The zero-order valence-electron chi connectivity index (χ0n) is 9.96. The molecule has 1 aliphatic carbocycles. The smallest absolute Gasteiger partial charge is 0.152 e. The van der Waals surface area contributed by atoms with Gasteiger partial charge in [-0.25, -0.2) is 4.98 Å². The van der Waals surface area contributed by atoms with Crippen LogP contribution in [-0.2, 0) is 0 Å². The molecule has 0 radical (unpaired) electrons. The molecule has 0 saturated heterocycles. The van der Waals surface area contributed by atoms with Crippen LogP contribution in [0.25, 0.3) is 0 Å². The van der Waals surface area contributed by atoms with E-state index in [0.717, 1.165) is 11.6 Å². The molecule has 2 atom stereocenters. The van der Waals surface area contributed by atoms with E-state index in [1.807, 2.05) is 6.07 Å². The fraction of sp³-hybridized carbons (Fsp3) is 0.615. The third-order valence-corrected chi connectivity index (χ3v) is 3.91. The van der Waals surface area contributed by atoms with Crippen molar-refractivity contribution in [1.29, 1.82) is 0 Å². The molecule has 16 heavy (non-hydrogen) atoms. The summed E-state index contributed by atoms with van der Waals surface area (Å²) in [6.07, 6.45) is 6.92. The van der Waals surface area contributed by atoms with E-state index < -0.39 is 0 Å². The Balaban J connectivity index is 2.14. The topological polar surface area (TPSA) is 24.9 Å². The third kappa shape index (κ3) is 2.32. The Morgan fingerprint density at radius 2 is 2.31 bits per heavy atom. The number of anilines is 1. The van der Waals surface area contributed by atoms with Crippen LogP contribution in [0.4, 0.5) is 5.69 Å². The molecule has 1 aliphatic rings. The number of nitrogens with zero attached hydrogens (tertiary/aromatic N) is 1. The lowest BCUT2D eigenvalue weighted by atomic mass is 10.0. The summed E-state index contributed by atoms with van der Waals surface area (Å²) in [5, 5.41) is 4.18. The highest BCUT2D eigenvalue weighted by atomic mass is 35.5. The SMILES string of the molecule is CCC1CCCC1Nc1c(C)ccnc1Cl. The van der Waals surface area contributed by atoms with Gasteiger partial charge in [0.2, 0.25) is 0 Å². The van der Waals surface area contributed by atoms with Crippen molar-refractivity contribution in [1.82, 2.24) is 4.98 Å². The lowest BCUT2D eigenvalue weighted by molar-refractivity contribution is 0.489. The maximum absolute atomic E-state index is 6.13. The van der Waals surface area contributed by atoms with Crippen LogP contribution in [-0.4, -0.2) is 11.0 Å². The lowest BCUT2D eigenvalue weighted by Gasteiger charge is -2.22. The highest BCUT2D eigenvalue weighted by Gasteiger charge is 2.26. The molecule has 2 rings (SSSR count). The Morgan fingerprint density at radius 3 is 3.00 bits per heavy atom. The van der Waals surface area contributed by atoms with Gasteiger partial charge in [0, 0.05) is 12.2 Å². The molecule has 0 spiro atoms. The van der Waals surface area contributed by atoms with Crippen molar-refractivity contribution in [2.24, 2.45) is 5.92 Å². The predicted molar refractivity (Wildman–Crippen MR) is 69.0 cm³/mol. The number of halogens is 1. The van der Waals surface area contributed by atoms with E-state index in [9.17, 15) is 0 Å². The van der Waals surface area contributed by atoms with Crippen molar-refractivity contribution in [3.63, 3.8) is 0 Å². The van der Waals surface area contributed by atoms with Crippen molar-refractivity contribution in [2.75, 3.05) is 5.32 Å². The van der Waals surface area contributed by atoms with Gasteiger partial charge in [-0.2, -0.15) is 0 Å². The molecule has 1 saturated carbocycles. The first-order valence-corrected chi connectivity index (χ1v) is 6.47. The number of rotatable bonds is 3. The Hall–Kier alpha value is -0.760. The van der Waals surface area contributed by atoms with E-state index in [4.69, 9.17) is 11.6 Å². The summed E-state index contributed by atoms with van der Waals surface area (Å²) in [5.74, 6) is 0.788. The van der Waals surface area contributed by atoms with Gasteiger partial charge in [0.15, 0.2) is 5.15 Å². The molecular weight excluding hydrogens is 220 g/mol. The molecule has 0 aliphatic heterocycles. The predicted octanol–water partition coefficient (Wildman–Crippen LogP) is 4.03. The molecule has 2 unspecified atom stereocenters. The van der Waals surface area contributed by atoms with E-state index in [1.54, 1.807) is 6.20 Å². The zero-order valence-corrected chi connectivity index (χ0v) is 10.7. The Kier molecular flexibility index (Phi) is 3.70. The lowest BCUT2D eigenvalue weighted by Crippen LogP contribution is -2.24. The number of pyridine rings is 1. The minimum Gasteiger partial charge on any atom is -0.379 e. The van der Waals surface area contributed by atoms with Crippen molar-refractivity contribution in [2.45, 2.75) is 45.6 Å². The van der Waals surface area contributed by atoms with Gasteiger partial charge >= 0.3 is 0 Å². The van der Waals surface area contributed by atoms with Crippen LogP contribution in [0.1, 0.15) is 38.2 Å². The highest BCUT2D eigenvalue weighted by Crippen LogP contribution is 2.33. The molecular formula is C13H19ClN2. The molecule has 1 fully saturated rings. The van der Waals surface area contributed by atoms with Crippen molar-refractivity contribution in [3.05, 3.63) is 23.0 Å². The number of hydrogen-bond donors (Lipinski definition) is 1. The minimum atomic E-state index is 0.574. The van der Waals surface area contributed by atoms with Crippen LogP contribution < -0.4 is 5.32 Å². The van der Waals surface area contributed by atoms with Gasteiger partial charge in [-0.3, -0.25) is 0 Å². The minimum absolute atomic E-state index is 0.574. The zero-order chi connectivity index (χ0) is 11.5.